The zero-order valence-corrected chi connectivity index (χ0v) is 19.4. The summed E-state index contributed by atoms with van der Waals surface area (Å²) in [5.74, 6) is 0.487. The van der Waals surface area contributed by atoms with E-state index in [0.717, 1.165) is 17.5 Å². The molecule has 26 heavy (non-hydrogen) atoms. The molecule has 0 radical (unpaired) electrons. The largest absolute Gasteiger partial charge is 0.507 e. The van der Waals surface area contributed by atoms with Crippen LogP contribution in [0.3, 0.4) is 0 Å². The van der Waals surface area contributed by atoms with Crippen molar-refractivity contribution in [3.63, 3.8) is 0 Å². The summed E-state index contributed by atoms with van der Waals surface area (Å²) in [6.45, 7) is 17.6. The third kappa shape index (κ3) is 4.79. The molecule has 0 aliphatic heterocycles. The molecule has 0 aromatic heterocycles. The maximum atomic E-state index is 10.9. The van der Waals surface area contributed by atoms with Gasteiger partial charge in [-0.1, -0.05) is 83.1 Å². The van der Waals surface area contributed by atoms with E-state index >= 15 is 0 Å². The fourth-order valence-corrected chi connectivity index (χ4v) is 5.47. The number of benzene rings is 2. The molecular weight excluding hydrogens is 332 g/mol. The van der Waals surface area contributed by atoms with Crippen LogP contribution in [-0.4, -0.2) is 14.6 Å². The van der Waals surface area contributed by atoms with Crippen molar-refractivity contribution in [3.05, 3.63) is 58.1 Å². The Morgan fingerprint density at radius 2 is 1.42 bits per heavy atom. The van der Waals surface area contributed by atoms with Gasteiger partial charge in [0.05, 0.1) is 9.52 Å². The molecule has 0 fully saturated rings. The van der Waals surface area contributed by atoms with Gasteiger partial charge in [0.2, 0.25) is 0 Å². The summed E-state index contributed by atoms with van der Waals surface area (Å²) in [4.78, 5) is 0. The Balaban J connectivity index is 2.27. The van der Waals surface area contributed by atoms with E-state index in [9.17, 15) is 5.11 Å². The van der Waals surface area contributed by atoms with Gasteiger partial charge in [-0.15, -0.1) is 0 Å². The SMILES string of the molecule is Cc1cccc([SiH2]CCc2cc(C(C)(C)C)c(O)c(C(C)(C)C)c2)c1C. The van der Waals surface area contributed by atoms with Gasteiger partial charge < -0.3 is 5.11 Å². The lowest BCUT2D eigenvalue weighted by molar-refractivity contribution is 0.422. The summed E-state index contributed by atoms with van der Waals surface area (Å²) in [7, 11) is -0.271. The molecule has 0 unspecified atom stereocenters. The van der Waals surface area contributed by atoms with E-state index in [-0.39, 0.29) is 20.3 Å². The number of hydrogen-bond donors (Lipinski definition) is 1. The van der Waals surface area contributed by atoms with Gasteiger partial charge in [-0.25, -0.2) is 0 Å². The lowest BCUT2D eigenvalue weighted by Gasteiger charge is -2.28. The van der Waals surface area contributed by atoms with Crippen LogP contribution < -0.4 is 5.19 Å². The maximum Gasteiger partial charge on any atom is 0.123 e. The predicted molar refractivity (Wildman–Crippen MR) is 118 cm³/mol. The van der Waals surface area contributed by atoms with Crippen molar-refractivity contribution in [3.8, 4) is 5.75 Å². The van der Waals surface area contributed by atoms with Gasteiger partial charge in [-0.3, -0.25) is 0 Å². The number of phenolic OH excluding ortho intramolecular Hbond substituents is 1. The van der Waals surface area contributed by atoms with E-state index in [2.05, 4.69) is 85.7 Å². The van der Waals surface area contributed by atoms with Gasteiger partial charge in [0.15, 0.2) is 0 Å². The standard InChI is InChI=1S/C24H36OSi/c1-16-10-9-11-21(17(16)2)26-13-12-18-14-19(23(3,4)5)22(25)20(15-18)24(6,7)8/h9-11,14-15,25H,12-13,26H2,1-8H3. The molecule has 0 atom stereocenters. The molecule has 2 aromatic carbocycles. The molecule has 1 nitrogen and oxygen atoms in total. The highest BCUT2D eigenvalue weighted by Gasteiger charge is 2.26. The van der Waals surface area contributed by atoms with Crippen LogP contribution in [0.15, 0.2) is 30.3 Å². The van der Waals surface area contributed by atoms with E-state index in [4.69, 9.17) is 0 Å². The highest BCUT2D eigenvalue weighted by atomic mass is 28.2. The van der Waals surface area contributed by atoms with Crippen molar-refractivity contribution in [2.24, 2.45) is 0 Å². The van der Waals surface area contributed by atoms with Crippen LogP contribution in [0.1, 0.15) is 69.4 Å². The second kappa shape index (κ2) is 7.60. The molecule has 0 bridgehead atoms. The second-order valence-corrected chi connectivity index (χ2v) is 11.7. The highest BCUT2D eigenvalue weighted by molar-refractivity contribution is 6.54. The van der Waals surface area contributed by atoms with Crippen LogP contribution in [0.5, 0.6) is 5.75 Å². The van der Waals surface area contributed by atoms with Crippen molar-refractivity contribution in [1.82, 2.24) is 0 Å². The van der Waals surface area contributed by atoms with Gasteiger partial charge in [0, 0.05) is 0 Å². The molecule has 2 heteroatoms. The van der Waals surface area contributed by atoms with Crippen molar-refractivity contribution >= 4 is 14.7 Å². The third-order valence-corrected chi connectivity index (χ3v) is 7.43. The van der Waals surface area contributed by atoms with Gasteiger partial charge in [-0.05, 0) is 58.9 Å². The van der Waals surface area contributed by atoms with Crippen molar-refractivity contribution in [2.75, 3.05) is 0 Å². The van der Waals surface area contributed by atoms with Crippen molar-refractivity contribution in [1.29, 1.82) is 0 Å². The Bertz CT molecular complexity index is 741. The fraction of sp³-hybridized carbons (Fsp3) is 0.500. The molecule has 0 aliphatic carbocycles. The second-order valence-electron chi connectivity index (χ2n) is 9.75. The number of hydrogen-bond acceptors (Lipinski definition) is 1. The van der Waals surface area contributed by atoms with Crippen LogP contribution in [0.2, 0.25) is 6.04 Å². The number of aryl methyl sites for hydroxylation is 2. The average molecular weight is 369 g/mol. The van der Waals surface area contributed by atoms with Gasteiger partial charge in [0.25, 0.3) is 0 Å². The zero-order valence-electron chi connectivity index (χ0n) is 18.0. The Kier molecular flexibility index (Phi) is 6.07. The molecule has 0 heterocycles. The van der Waals surface area contributed by atoms with E-state index in [1.165, 1.54) is 22.7 Å². The van der Waals surface area contributed by atoms with Crippen LogP contribution in [-0.2, 0) is 17.3 Å². The normalized spacial score (nSPS) is 12.9. The lowest BCUT2D eigenvalue weighted by Crippen LogP contribution is -2.20. The molecule has 2 aromatic rings. The molecule has 0 saturated heterocycles. The minimum Gasteiger partial charge on any atom is -0.507 e. The van der Waals surface area contributed by atoms with Crippen LogP contribution in [0.25, 0.3) is 0 Å². The van der Waals surface area contributed by atoms with Crippen molar-refractivity contribution < 1.29 is 5.11 Å². The molecular formula is C24H36OSi. The average Bonchev–Trinajstić information content (AvgIpc) is 2.50. The smallest absolute Gasteiger partial charge is 0.123 e. The first-order valence-corrected chi connectivity index (χ1v) is 11.5. The monoisotopic (exact) mass is 368 g/mol. The first kappa shape index (κ1) is 20.8. The minimum absolute atomic E-state index is 0.0509. The summed E-state index contributed by atoms with van der Waals surface area (Å²) < 4.78 is 0. The Morgan fingerprint density at radius 3 is 1.92 bits per heavy atom. The molecule has 0 saturated carbocycles. The van der Waals surface area contributed by atoms with Gasteiger partial charge >= 0.3 is 0 Å². The molecule has 1 N–H and O–H groups in total. The van der Waals surface area contributed by atoms with E-state index in [1.54, 1.807) is 5.19 Å². The summed E-state index contributed by atoms with van der Waals surface area (Å²) in [5.41, 5.74) is 6.31. The quantitative estimate of drug-likeness (QED) is 0.748. The summed E-state index contributed by atoms with van der Waals surface area (Å²) >= 11 is 0. The minimum atomic E-state index is -0.271. The van der Waals surface area contributed by atoms with Gasteiger partial charge in [-0.2, -0.15) is 0 Å². The zero-order chi connectivity index (χ0) is 19.7. The summed E-state index contributed by atoms with van der Waals surface area (Å²) in [5, 5.41) is 12.5. The van der Waals surface area contributed by atoms with Crippen LogP contribution >= 0.6 is 0 Å². The van der Waals surface area contributed by atoms with Crippen molar-refractivity contribution in [2.45, 2.75) is 78.7 Å². The van der Waals surface area contributed by atoms with Crippen LogP contribution in [0, 0.1) is 13.8 Å². The lowest BCUT2D eigenvalue weighted by atomic mass is 9.78. The Labute approximate surface area is 162 Å². The molecule has 0 aliphatic rings. The third-order valence-electron chi connectivity index (χ3n) is 5.41. The molecule has 142 valence electrons. The maximum absolute atomic E-state index is 10.9. The Hall–Kier alpha value is -1.54. The fourth-order valence-electron chi connectivity index (χ4n) is 3.55. The Morgan fingerprint density at radius 1 is 0.885 bits per heavy atom. The number of aromatic hydroxyl groups is 1. The first-order valence-electron chi connectivity index (χ1n) is 9.83. The number of rotatable bonds is 4. The molecule has 0 spiro atoms. The highest BCUT2D eigenvalue weighted by Crippen LogP contribution is 2.39. The van der Waals surface area contributed by atoms with E-state index in [1.807, 2.05) is 0 Å². The van der Waals surface area contributed by atoms with E-state index in [0.29, 0.717) is 5.75 Å². The van der Waals surface area contributed by atoms with E-state index < -0.39 is 0 Å². The molecule has 2 rings (SSSR count). The summed E-state index contributed by atoms with van der Waals surface area (Å²) in [6, 6.07) is 12.5. The topological polar surface area (TPSA) is 20.2 Å². The number of phenols is 1. The first-order chi connectivity index (χ1) is 11.9. The van der Waals surface area contributed by atoms with Gasteiger partial charge in [0.1, 0.15) is 5.75 Å². The van der Waals surface area contributed by atoms with Crippen LogP contribution in [0.4, 0.5) is 0 Å². The molecule has 0 amide bonds. The predicted octanol–water partition coefficient (Wildman–Crippen LogP) is 5.06. The summed E-state index contributed by atoms with van der Waals surface area (Å²) in [6.07, 6.45) is 1.10.